The van der Waals surface area contributed by atoms with E-state index >= 15 is 0 Å². The molecule has 4 heteroatoms. The molecule has 146 valence electrons. The van der Waals surface area contributed by atoms with Gasteiger partial charge < -0.3 is 15.0 Å². The van der Waals surface area contributed by atoms with E-state index in [-0.39, 0.29) is 11.3 Å². The Balaban J connectivity index is 1.68. The zero-order chi connectivity index (χ0) is 19.0. The van der Waals surface area contributed by atoms with E-state index in [1.807, 2.05) is 19.1 Å². The molecule has 1 saturated heterocycles. The number of amides is 1. The fourth-order valence-electron chi connectivity index (χ4n) is 3.31. The molecule has 1 aromatic rings. The minimum absolute atomic E-state index is 0.0410. The maximum absolute atomic E-state index is 12.2. The highest BCUT2D eigenvalue weighted by Gasteiger charge is 2.16. The van der Waals surface area contributed by atoms with Crippen molar-refractivity contribution in [3.63, 3.8) is 0 Å². The van der Waals surface area contributed by atoms with Crippen LogP contribution in [0.15, 0.2) is 24.3 Å². The molecule has 0 radical (unpaired) electrons. The second-order valence-electron chi connectivity index (χ2n) is 8.43. The highest BCUT2D eigenvalue weighted by Crippen LogP contribution is 2.24. The Kier molecular flexibility index (Phi) is 7.95. The average Bonchev–Trinajstić information content (AvgIpc) is 2.87. The molecule has 1 N–H and O–H groups in total. The molecule has 0 aliphatic carbocycles. The Hall–Kier alpha value is -1.55. The smallest absolute Gasteiger partial charge is 0.260 e. The Morgan fingerprint density at radius 1 is 1.12 bits per heavy atom. The van der Waals surface area contributed by atoms with Crippen molar-refractivity contribution < 1.29 is 9.53 Å². The van der Waals surface area contributed by atoms with E-state index in [1.54, 1.807) is 0 Å². The Morgan fingerprint density at radius 2 is 1.73 bits per heavy atom. The van der Waals surface area contributed by atoms with E-state index < -0.39 is 6.10 Å². The zero-order valence-electron chi connectivity index (χ0n) is 17.0. The molecule has 0 saturated carbocycles. The van der Waals surface area contributed by atoms with Crippen molar-refractivity contribution in [2.75, 3.05) is 26.2 Å². The van der Waals surface area contributed by atoms with Crippen molar-refractivity contribution in [2.45, 2.75) is 71.3 Å². The fourth-order valence-corrected chi connectivity index (χ4v) is 3.31. The lowest BCUT2D eigenvalue weighted by atomic mass is 9.87. The number of rotatable bonds is 7. The van der Waals surface area contributed by atoms with Gasteiger partial charge in [-0.3, -0.25) is 4.79 Å². The first kappa shape index (κ1) is 20.8. The lowest BCUT2D eigenvalue weighted by Gasteiger charge is -2.21. The van der Waals surface area contributed by atoms with Crippen molar-refractivity contribution >= 4 is 5.91 Å². The van der Waals surface area contributed by atoms with Crippen LogP contribution in [0.4, 0.5) is 0 Å². The average molecular weight is 361 g/mol. The van der Waals surface area contributed by atoms with Crippen LogP contribution >= 0.6 is 0 Å². The van der Waals surface area contributed by atoms with Crippen LogP contribution in [0.2, 0.25) is 0 Å². The SMILES string of the molecule is C[C@H](Oc1ccc(C(C)(C)C)cc1)C(=O)NCCCN1CCCCCC1. The third-order valence-electron chi connectivity index (χ3n) is 5.05. The lowest BCUT2D eigenvalue weighted by Crippen LogP contribution is -2.38. The number of hydrogen-bond acceptors (Lipinski definition) is 3. The van der Waals surface area contributed by atoms with Crippen LogP contribution < -0.4 is 10.1 Å². The van der Waals surface area contributed by atoms with Crippen molar-refractivity contribution in [1.29, 1.82) is 0 Å². The highest BCUT2D eigenvalue weighted by atomic mass is 16.5. The molecule has 0 spiro atoms. The Morgan fingerprint density at radius 3 is 2.31 bits per heavy atom. The molecule has 1 aromatic carbocycles. The summed E-state index contributed by atoms with van der Waals surface area (Å²) in [6.07, 6.45) is 5.86. The Bertz CT molecular complexity index is 540. The van der Waals surface area contributed by atoms with Crippen LogP contribution in [0.5, 0.6) is 5.75 Å². The van der Waals surface area contributed by atoms with Gasteiger partial charge >= 0.3 is 0 Å². The summed E-state index contributed by atoms with van der Waals surface area (Å²) >= 11 is 0. The molecule has 0 bridgehead atoms. The van der Waals surface area contributed by atoms with E-state index in [4.69, 9.17) is 4.74 Å². The van der Waals surface area contributed by atoms with Crippen molar-refractivity contribution in [1.82, 2.24) is 10.2 Å². The van der Waals surface area contributed by atoms with E-state index in [0.717, 1.165) is 18.7 Å². The lowest BCUT2D eigenvalue weighted by molar-refractivity contribution is -0.127. The van der Waals surface area contributed by atoms with Gasteiger partial charge in [0.15, 0.2) is 6.10 Å². The van der Waals surface area contributed by atoms with E-state index in [1.165, 1.54) is 44.3 Å². The molecule has 1 aliphatic rings. The largest absolute Gasteiger partial charge is 0.481 e. The van der Waals surface area contributed by atoms with Gasteiger partial charge in [-0.2, -0.15) is 0 Å². The number of ether oxygens (including phenoxy) is 1. The molecular weight excluding hydrogens is 324 g/mol. The number of likely N-dealkylation sites (tertiary alicyclic amines) is 1. The van der Waals surface area contributed by atoms with E-state index in [2.05, 4.69) is 43.1 Å². The van der Waals surface area contributed by atoms with Gasteiger partial charge in [0.05, 0.1) is 0 Å². The third kappa shape index (κ3) is 6.99. The summed E-state index contributed by atoms with van der Waals surface area (Å²) < 4.78 is 5.78. The van der Waals surface area contributed by atoms with Gasteiger partial charge in [-0.25, -0.2) is 0 Å². The molecule has 1 amide bonds. The molecule has 4 nitrogen and oxygen atoms in total. The first-order valence-electron chi connectivity index (χ1n) is 10.1. The molecule has 26 heavy (non-hydrogen) atoms. The van der Waals surface area contributed by atoms with Crippen LogP contribution in [0.25, 0.3) is 0 Å². The zero-order valence-corrected chi connectivity index (χ0v) is 17.0. The number of hydrogen-bond donors (Lipinski definition) is 1. The number of carbonyl (C=O) groups excluding carboxylic acids is 1. The minimum Gasteiger partial charge on any atom is -0.481 e. The Labute approximate surface area is 159 Å². The third-order valence-corrected chi connectivity index (χ3v) is 5.05. The van der Waals surface area contributed by atoms with Crippen molar-refractivity contribution in [2.24, 2.45) is 0 Å². The summed E-state index contributed by atoms with van der Waals surface area (Å²) in [7, 11) is 0. The van der Waals surface area contributed by atoms with Gasteiger partial charge in [0, 0.05) is 6.54 Å². The molecular formula is C22H36N2O2. The van der Waals surface area contributed by atoms with Crippen LogP contribution in [0, 0.1) is 0 Å². The molecule has 1 atom stereocenters. The summed E-state index contributed by atoms with van der Waals surface area (Å²) in [5, 5.41) is 3.00. The standard InChI is InChI=1S/C22H36N2O2/c1-18(26-20-12-10-19(11-13-20)22(2,3)4)21(25)23-14-9-17-24-15-7-5-6-8-16-24/h10-13,18H,5-9,14-17H2,1-4H3,(H,23,25)/t18-/m0/s1. The molecule has 0 unspecified atom stereocenters. The highest BCUT2D eigenvalue weighted by molar-refractivity contribution is 5.80. The normalized spacial score (nSPS) is 17.4. The summed E-state index contributed by atoms with van der Waals surface area (Å²) in [5.41, 5.74) is 1.38. The summed E-state index contributed by atoms with van der Waals surface area (Å²) in [6.45, 7) is 12.6. The van der Waals surface area contributed by atoms with Crippen molar-refractivity contribution in [3.05, 3.63) is 29.8 Å². The van der Waals surface area contributed by atoms with Crippen LogP contribution in [0.1, 0.15) is 65.4 Å². The first-order valence-corrected chi connectivity index (χ1v) is 10.1. The fraction of sp³-hybridized carbons (Fsp3) is 0.682. The van der Waals surface area contributed by atoms with E-state index in [9.17, 15) is 4.79 Å². The molecule has 1 heterocycles. The molecule has 0 aromatic heterocycles. The van der Waals surface area contributed by atoms with Gasteiger partial charge in [-0.05, 0) is 68.9 Å². The van der Waals surface area contributed by atoms with Gasteiger partial charge in [-0.1, -0.05) is 45.7 Å². The first-order chi connectivity index (χ1) is 12.4. The maximum atomic E-state index is 12.2. The molecule has 1 fully saturated rings. The summed E-state index contributed by atoms with van der Waals surface area (Å²) in [6, 6.07) is 8.04. The van der Waals surface area contributed by atoms with Gasteiger partial charge in [0.2, 0.25) is 0 Å². The monoisotopic (exact) mass is 360 g/mol. The molecule has 1 aliphatic heterocycles. The molecule has 2 rings (SSSR count). The number of carbonyl (C=O) groups is 1. The van der Waals surface area contributed by atoms with Crippen LogP contribution in [0.3, 0.4) is 0 Å². The topological polar surface area (TPSA) is 41.6 Å². The minimum atomic E-state index is -0.478. The van der Waals surface area contributed by atoms with E-state index in [0.29, 0.717) is 6.54 Å². The van der Waals surface area contributed by atoms with Crippen molar-refractivity contribution in [3.8, 4) is 5.75 Å². The quantitative estimate of drug-likeness (QED) is 0.743. The van der Waals surface area contributed by atoms with Crippen LogP contribution in [-0.4, -0.2) is 43.1 Å². The predicted octanol–water partition coefficient (Wildman–Crippen LogP) is 4.13. The number of benzene rings is 1. The number of nitrogens with zero attached hydrogens (tertiary/aromatic N) is 1. The predicted molar refractivity (Wildman–Crippen MR) is 108 cm³/mol. The second kappa shape index (κ2) is 9.96. The maximum Gasteiger partial charge on any atom is 0.260 e. The van der Waals surface area contributed by atoms with Gasteiger partial charge in [-0.15, -0.1) is 0 Å². The summed E-state index contributed by atoms with van der Waals surface area (Å²) in [4.78, 5) is 14.8. The van der Waals surface area contributed by atoms with Gasteiger partial charge in [0.1, 0.15) is 5.75 Å². The van der Waals surface area contributed by atoms with Gasteiger partial charge in [0.25, 0.3) is 5.91 Å². The summed E-state index contributed by atoms with van der Waals surface area (Å²) in [5.74, 6) is 0.700. The number of nitrogens with one attached hydrogen (secondary N) is 1. The van der Waals surface area contributed by atoms with Crippen LogP contribution in [-0.2, 0) is 10.2 Å². The second-order valence-corrected chi connectivity index (χ2v) is 8.43.